The second kappa shape index (κ2) is 9.38. The molecule has 0 aliphatic heterocycles. The van der Waals surface area contributed by atoms with Crippen LogP contribution in [-0.4, -0.2) is 8.80 Å². The molecule has 0 amide bonds. The number of nitrogens with zero attached hydrogens (tertiary/aromatic N) is 3. The van der Waals surface area contributed by atoms with Crippen molar-refractivity contribution < 1.29 is 0 Å². The van der Waals surface area contributed by atoms with Gasteiger partial charge in [0.15, 0.2) is 0 Å². The monoisotopic (exact) mass is 659 g/mol. The molecule has 5 heteroatoms. The maximum atomic E-state index is 2.57. The molecule has 5 heterocycles. The molecule has 0 N–H and O–H groups in total. The van der Waals surface area contributed by atoms with Gasteiger partial charge >= 0.3 is 0 Å². The molecule has 0 saturated heterocycles. The summed E-state index contributed by atoms with van der Waals surface area (Å²) in [5.74, 6) is 0. The van der Waals surface area contributed by atoms with Crippen LogP contribution in [0.4, 0.5) is 17.1 Å². The molecule has 0 bridgehead atoms. The largest absolute Gasteiger partial charge is 0.307 e. The molecule has 0 unspecified atom stereocenters. The standard InChI is InChI=1S/C44H25N3S2/c1-4-17-31-30(14-1)40-41-34(20-11-21-35(41)47-33-19-6-5-18-32(33)46(31)44(40)47)45(36-22-9-15-28-26-12-2-7-24-38(26)48-42(28)36)37-23-10-16-29-27-13-3-8-25-39(27)49-43(29)37/h1-25H. The summed E-state index contributed by atoms with van der Waals surface area (Å²) in [6, 6.07) is 55.9. The number of rotatable bonds is 3. The van der Waals surface area contributed by atoms with Gasteiger partial charge in [0.2, 0.25) is 0 Å². The predicted molar refractivity (Wildman–Crippen MR) is 213 cm³/mol. The third kappa shape index (κ3) is 3.26. The molecule has 0 atom stereocenters. The van der Waals surface area contributed by atoms with E-state index in [-0.39, 0.29) is 0 Å². The van der Waals surface area contributed by atoms with Crippen molar-refractivity contribution >= 4 is 124 Å². The molecule has 5 aromatic heterocycles. The van der Waals surface area contributed by atoms with Crippen LogP contribution in [0, 0.1) is 0 Å². The molecule has 12 rings (SSSR count). The fourth-order valence-corrected chi connectivity index (χ4v) is 10.9. The highest BCUT2D eigenvalue weighted by atomic mass is 32.1. The van der Waals surface area contributed by atoms with Crippen molar-refractivity contribution in [2.45, 2.75) is 0 Å². The van der Waals surface area contributed by atoms with Crippen LogP contribution in [0.3, 0.4) is 0 Å². The first-order chi connectivity index (χ1) is 24.3. The lowest BCUT2D eigenvalue weighted by Gasteiger charge is -2.27. The summed E-state index contributed by atoms with van der Waals surface area (Å²) in [6.07, 6.45) is 0. The first-order valence-electron chi connectivity index (χ1n) is 16.6. The minimum absolute atomic E-state index is 1.19. The molecule has 49 heavy (non-hydrogen) atoms. The fourth-order valence-electron chi connectivity index (χ4n) is 8.49. The minimum Gasteiger partial charge on any atom is -0.307 e. The Bertz CT molecular complexity index is 3180. The molecular formula is C44H25N3S2. The minimum atomic E-state index is 1.19. The summed E-state index contributed by atoms with van der Waals surface area (Å²) in [4.78, 5) is 2.57. The van der Waals surface area contributed by atoms with Gasteiger partial charge in [-0.2, -0.15) is 0 Å². The third-order valence-electron chi connectivity index (χ3n) is 10.4. The first kappa shape index (κ1) is 26.1. The summed E-state index contributed by atoms with van der Waals surface area (Å²) in [5.41, 5.74) is 9.78. The highest BCUT2D eigenvalue weighted by Gasteiger charge is 2.28. The summed E-state index contributed by atoms with van der Waals surface area (Å²) in [6.45, 7) is 0. The van der Waals surface area contributed by atoms with Crippen LogP contribution in [-0.2, 0) is 0 Å². The molecule has 0 aliphatic carbocycles. The van der Waals surface area contributed by atoms with Crippen LogP contribution in [0.25, 0.3) is 84.2 Å². The van der Waals surface area contributed by atoms with Gasteiger partial charge in [0.1, 0.15) is 5.65 Å². The average Bonchev–Trinajstić information content (AvgIpc) is 3.95. The van der Waals surface area contributed by atoms with Crippen molar-refractivity contribution in [1.82, 2.24) is 8.80 Å². The van der Waals surface area contributed by atoms with Gasteiger partial charge < -0.3 is 4.90 Å². The number of imidazole rings is 1. The van der Waals surface area contributed by atoms with E-state index in [0.29, 0.717) is 0 Å². The van der Waals surface area contributed by atoms with Crippen LogP contribution < -0.4 is 4.90 Å². The zero-order valence-electron chi connectivity index (χ0n) is 26.1. The Morgan fingerprint density at radius 3 is 1.43 bits per heavy atom. The van der Waals surface area contributed by atoms with Gasteiger partial charge in [0, 0.05) is 47.1 Å². The van der Waals surface area contributed by atoms with E-state index in [1.807, 2.05) is 22.7 Å². The number of benzene rings is 7. The van der Waals surface area contributed by atoms with Crippen molar-refractivity contribution in [3.8, 4) is 0 Å². The van der Waals surface area contributed by atoms with Gasteiger partial charge in [-0.1, -0.05) is 97.1 Å². The number of hydrogen-bond acceptors (Lipinski definition) is 3. The topological polar surface area (TPSA) is 12.1 Å². The summed E-state index contributed by atoms with van der Waals surface area (Å²) in [7, 11) is 0. The quantitative estimate of drug-likeness (QED) is 0.184. The highest BCUT2D eigenvalue weighted by Crippen LogP contribution is 2.52. The summed E-state index contributed by atoms with van der Waals surface area (Å²) in [5, 5.41) is 9.08. The lowest BCUT2D eigenvalue weighted by molar-refractivity contribution is 1.28. The Hall–Kier alpha value is -5.88. The molecule has 7 aromatic carbocycles. The number of thiophene rings is 2. The van der Waals surface area contributed by atoms with Crippen LogP contribution in [0.1, 0.15) is 0 Å². The van der Waals surface area contributed by atoms with Crippen LogP contribution in [0.15, 0.2) is 152 Å². The third-order valence-corrected chi connectivity index (χ3v) is 12.8. The lowest BCUT2D eigenvalue weighted by atomic mass is 10.1. The maximum absolute atomic E-state index is 2.57. The van der Waals surface area contributed by atoms with Gasteiger partial charge in [-0.15, -0.1) is 22.7 Å². The summed E-state index contributed by atoms with van der Waals surface area (Å²) >= 11 is 3.78. The van der Waals surface area contributed by atoms with Crippen molar-refractivity contribution in [3.63, 3.8) is 0 Å². The zero-order chi connectivity index (χ0) is 31.8. The molecular weight excluding hydrogens is 635 g/mol. The van der Waals surface area contributed by atoms with E-state index in [4.69, 9.17) is 0 Å². The summed E-state index contributed by atoms with van der Waals surface area (Å²) < 4.78 is 10.2. The van der Waals surface area contributed by atoms with E-state index in [2.05, 4.69) is 165 Å². The van der Waals surface area contributed by atoms with Gasteiger partial charge in [-0.3, -0.25) is 8.80 Å². The van der Waals surface area contributed by atoms with Crippen molar-refractivity contribution in [3.05, 3.63) is 152 Å². The number of fused-ring (bicyclic) bond motifs is 15. The van der Waals surface area contributed by atoms with E-state index in [0.717, 1.165) is 0 Å². The number of para-hydroxylation sites is 3. The van der Waals surface area contributed by atoms with E-state index in [1.54, 1.807) is 0 Å². The van der Waals surface area contributed by atoms with Gasteiger partial charge in [0.05, 0.1) is 48.5 Å². The van der Waals surface area contributed by atoms with Crippen LogP contribution >= 0.6 is 22.7 Å². The maximum Gasteiger partial charge on any atom is 0.131 e. The van der Waals surface area contributed by atoms with Gasteiger partial charge in [-0.05, 0) is 54.6 Å². The molecule has 0 saturated carbocycles. The Labute approximate surface area is 288 Å². The Morgan fingerprint density at radius 1 is 0.347 bits per heavy atom. The molecule has 0 aliphatic rings. The SMILES string of the molecule is c1ccc2c(c1)sc1c(N(c3cccc4c3sc3ccccc34)c3cccc4c3c3c5ccccc5n5c6ccccc6n4c35)cccc12. The van der Waals surface area contributed by atoms with Gasteiger partial charge in [0.25, 0.3) is 0 Å². The average molecular weight is 660 g/mol. The highest BCUT2D eigenvalue weighted by molar-refractivity contribution is 7.27. The second-order valence-electron chi connectivity index (χ2n) is 12.9. The Morgan fingerprint density at radius 2 is 0.796 bits per heavy atom. The number of aromatic nitrogens is 2. The second-order valence-corrected chi connectivity index (χ2v) is 15.0. The van der Waals surface area contributed by atoms with Gasteiger partial charge in [-0.25, -0.2) is 0 Å². The predicted octanol–water partition coefficient (Wildman–Crippen LogP) is 13.3. The normalized spacial score (nSPS) is 12.5. The molecule has 3 nitrogen and oxygen atoms in total. The molecule has 0 fully saturated rings. The fraction of sp³-hybridized carbons (Fsp3) is 0. The zero-order valence-corrected chi connectivity index (χ0v) is 27.7. The Balaban J connectivity index is 1.29. The van der Waals surface area contributed by atoms with Crippen LogP contribution in [0.5, 0.6) is 0 Å². The van der Waals surface area contributed by atoms with E-state index in [1.165, 1.54) is 101 Å². The molecule has 12 aromatic rings. The van der Waals surface area contributed by atoms with E-state index in [9.17, 15) is 0 Å². The van der Waals surface area contributed by atoms with Crippen molar-refractivity contribution in [2.75, 3.05) is 4.90 Å². The molecule has 0 spiro atoms. The Kier molecular flexibility index (Phi) is 5.00. The molecule has 228 valence electrons. The first-order valence-corrected chi connectivity index (χ1v) is 18.3. The molecule has 0 radical (unpaired) electrons. The van der Waals surface area contributed by atoms with E-state index < -0.39 is 0 Å². The smallest absolute Gasteiger partial charge is 0.131 e. The van der Waals surface area contributed by atoms with E-state index >= 15 is 0 Å². The lowest BCUT2D eigenvalue weighted by Crippen LogP contribution is -2.10. The number of hydrogen-bond donors (Lipinski definition) is 0. The van der Waals surface area contributed by atoms with Crippen molar-refractivity contribution in [2.24, 2.45) is 0 Å². The van der Waals surface area contributed by atoms with Crippen molar-refractivity contribution in [1.29, 1.82) is 0 Å². The number of anilines is 3. The van der Waals surface area contributed by atoms with Crippen LogP contribution in [0.2, 0.25) is 0 Å².